The largest absolute Gasteiger partial charge is 0.369 e. The first-order valence-corrected chi connectivity index (χ1v) is 9.77. The summed E-state index contributed by atoms with van der Waals surface area (Å²) in [6, 6.07) is 9.84. The maximum absolute atomic E-state index is 13.2. The zero-order valence-electron chi connectivity index (χ0n) is 13.9. The first kappa shape index (κ1) is 17.3. The maximum Gasteiger partial charge on any atom is 0.244 e. The molecule has 1 aromatic rings. The minimum atomic E-state index is -0.241. The first-order valence-electron chi connectivity index (χ1n) is 8.61. The molecule has 2 aliphatic heterocycles. The van der Waals surface area contributed by atoms with E-state index in [9.17, 15) is 9.59 Å². The van der Waals surface area contributed by atoms with Crippen molar-refractivity contribution >= 4 is 23.6 Å². The molecule has 2 amide bonds. The van der Waals surface area contributed by atoms with E-state index in [0.29, 0.717) is 25.9 Å². The molecule has 1 atom stereocenters. The molecule has 3 rings (SSSR count). The van der Waals surface area contributed by atoms with Crippen molar-refractivity contribution in [3.05, 3.63) is 35.9 Å². The highest BCUT2D eigenvalue weighted by molar-refractivity contribution is 7.99. The topological polar surface area (TPSA) is 66.6 Å². The van der Waals surface area contributed by atoms with Gasteiger partial charge in [0.2, 0.25) is 11.8 Å². The second-order valence-corrected chi connectivity index (χ2v) is 7.69. The van der Waals surface area contributed by atoms with Gasteiger partial charge in [0.15, 0.2) is 0 Å². The first-order chi connectivity index (χ1) is 11.7. The molecule has 2 saturated heterocycles. The lowest BCUT2D eigenvalue weighted by molar-refractivity contribution is -0.140. The van der Waals surface area contributed by atoms with E-state index in [4.69, 9.17) is 5.73 Å². The Morgan fingerprint density at radius 3 is 2.25 bits per heavy atom. The van der Waals surface area contributed by atoms with Gasteiger partial charge in [0.05, 0.1) is 0 Å². The van der Waals surface area contributed by atoms with Crippen molar-refractivity contribution in [1.82, 2.24) is 9.80 Å². The zero-order chi connectivity index (χ0) is 16.9. The number of benzene rings is 1. The van der Waals surface area contributed by atoms with Crippen LogP contribution in [0.4, 0.5) is 0 Å². The third-order valence-electron chi connectivity index (χ3n) is 4.97. The van der Waals surface area contributed by atoms with Crippen LogP contribution in [0.15, 0.2) is 30.3 Å². The third-order valence-corrected chi connectivity index (χ3v) is 5.91. The molecule has 0 radical (unpaired) electrons. The molecule has 0 saturated carbocycles. The Kier molecular flexibility index (Phi) is 5.79. The van der Waals surface area contributed by atoms with Crippen LogP contribution >= 0.6 is 11.8 Å². The van der Waals surface area contributed by atoms with Crippen molar-refractivity contribution in [3.63, 3.8) is 0 Å². The number of amides is 2. The highest BCUT2D eigenvalue weighted by Crippen LogP contribution is 2.28. The fraction of sp³-hybridized carbons (Fsp3) is 0.556. The molecule has 2 aliphatic rings. The lowest BCUT2D eigenvalue weighted by Crippen LogP contribution is -2.49. The Hall–Kier alpha value is -1.53. The predicted octanol–water partition coefficient (Wildman–Crippen LogP) is 1.50. The van der Waals surface area contributed by atoms with E-state index < -0.39 is 0 Å². The molecule has 0 bridgehead atoms. The molecular weight excluding hydrogens is 322 g/mol. The molecular formula is C18H25N3O2S. The molecule has 2 N–H and O–H groups in total. The van der Waals surface area contributed by atoms with Gasteiger partial charge in [-0.25, -0.2) is 0 Å². The normalized spacial score (nSPS) is 21.4. The Morgan fingerprint density at radius 2 is 1.67 bits per heavy atom. The minimum Gasteiger partial charge on any atom is -0.369 e. The van der Waals surface area contributed by atoms with Crippen molar-refractivity contribution in [3.8, 4) is 0 Å². The van der Waals surface area contributed by atoms with Crippen molar-refractivity contribution in [2.45, 2.75) is 18.9 Å². The number of thioether (sulfide) groups is 1. The second kappa shape index (κ2) is 8.03. The number of hydrogen-bond acceptors (Lipinski definition) is 4. The van der Waals surface area contributed by atoms with Gasteiger partial charge in [-0.15, -0.1) is 0 Å². The van der Waals surface area contributed by atoms with Crippen LogP contribution in [0.2, 0.25) is 0 Å². The quantitative estimate of drug-likeness (QED) is 0.896. The van der Waals surface area contributed by atoms with E-state index in [1.54, 1.807) is 0 Å². The van der Waals surface area contributed by atoms with E-state index >= 15 is 0 Å². The number of nitrogens with two attached hydrogens (primary N) is 1. The average molecular weight is 347 g/mol. The molecule has 130 valence electrons. The number of carbonyl (C=O) groups is 2. The lowest BCUT2D eigenvalue weighted by Gasteiger charge is -2.39. The van der Waals surface area contributed by atoms with Gasteiger partial charge < -0.3 is 10.6 Å². The molecule has 0 spiro atoms. The van der Waals surface area contributed by atoms with Crippen molar-refractivity contribution < 1.29 is 9.59 Å². The molecule has 24 heavy (non-hydrogen) atoms. The van der Waals surface area contributed by atoms with Gasteiger partial charge in [-0.3, -0.25) is 14.5 Å². The van der Waals surface area contributed by atoms with Crippen LogP contribution in [-0.4, -0.2) is 59.3 Å². The number of carbonyl (C=O) groups excluding carboxylic acids is 2. The highest BCUT2D eigenvalue weighted by Gasteiger charge is 2.34. The highest BCUT2D eigenvalue weighted by atomic mass is 32.2. The molecule has 2 fully saturated rings. The fourth-order valence-corrected chi connectivity index (χ4v) is 4.47. The molecule has 6 heteroatoms. The van der Waals surface area contributed by atoms with Crippen LogP contribution in [0, 0.1) is 5.92 Å². The SMILES string of the molecule is NC(=O)C1CCN(C(=O)[C@H](c2ccccc2)N2CCSCC2)CC1. The minimum absolute atomic E-state index is 0.0874. The van der Waals surface area contributed by atoms with Crippen LogP contribution in [0.25, 0.3) is 0 Å². The standard InChI is InChI=1S/C18H25N3O2S/c19-17(22)15-6-8-21(9-7-15)18(23)16(14-4-2-1-3-5-14)20-10-12-24-13-11-20/h1-5,15-16H,6-13H2,(H2,19,22)/t16-/m0/s1. The lowest BCUT2D eigenvalue weighted by atomic mass is 9.95. The van der Waals surface area contributed by atoms with Gasteiger partial charge in [0, 0.05) is 43.6 Å². The van der Waals surface area contributed by atoms with Crippen LogP contribution < -0.4 is 5.73 Å². The van der Waals surface area contributed by atoms with Gasteiger partial charge in [-0.1, -0.05) is 30.3 Å². The molecule has 0 unspecified atom stereocenters. The van der Waals surface area contributed by atoms with E-state index in [-0.39, 0.29) is 23.8 Å². The Labute approximate surface area is 147 Å². The van der Waals surface area contributed by atoms with Gasteiger partial charge >= 0.3 is 0 Å². The smallest absolute Gasteiger partial charge is 0.244 e. The summed E-state index contributed by atoms with van der Waals surface area (Å²) in [5.41, 5.74) is 6.47. The predicted molar refractivity (Wildman–Crippen MR) is 96.6 cm³/mol. The van der Waals surface area contributed by atoms with E-state index in [2.05, 4.69) is 4.90 Å². The summed E-state index contributed by atoms with van der Waals surface area (Å²) in [6.07, 6.45) is 1.36. The van der Waals surface area contributed by atoms with Crippen molar-refractivity contribution in [2.24, 2.45) is 11.7 Å². The zero-order valence-corrected chi connectivity index (χ0v) is 14.7. The summed E-state index contributed by atoms with van der Waals surface area (Å²) in [5, 5.41) is 0. The van der Waals surface area contributed by atoms with Gasteiger partial charge in [0.1, 0.15) is 6.04 Å². The number of rotatable bonds is 4. The Morgan fingerprint density at radius 1 is 1.04 bits per heavy atom. The van der Waals surface area contributed by atoms with Gasteiger partial charge in [-0.2, -0.15) is 11.8 Å². The number of primary amides is 1. The van der Waals surface area contributed by atoms with Crippen LogP contribution in [0.5, 0.6) is 0 Å². The summed E-state index contributed by atoms with van der Waals surface area (Å²) < 4.78 is 0. The van der Waals surface area contributed by atoms with E-state index in [0.717, 1.165) is 30.2 Å². The molecule has 5 nitrogen and oxygen atoms in total. The molecule has 0 aliphatic carbocycles. The maximum atomic E-state index is 13.2. The molecule has 0 aromatic heterocycles. The van der Waals surface area contributed by atoms with Crippen LogP contribution in [0.1, 0.15) is 24.4 Å². The fourth-order valence-electron chi connectivity index (χ4n) is 3.54. The van der Waals surface area contributed by atoms with Crippen molar-refractivity contribution in [1.29, 1.82) is 0 Å². The van der Waals surface area contributed by atoms with Crippen LogP contribution in [0.3, 0.4) is 0 Å². The molecule has 2 heterocycles. The summed E-state index contributed by atoms with van der Waals surface area (Å²) in [7, 11) is 0. The third kappa shape index (κ3) is 3.92. The van der Waals surface area contributed by atoms with E-state index in [1.165, 1.54) is 0 Å². The Bertz CT molecular complexity index is 567. The number of piperidine rings is 1. The summed E-state index contributed by atoms with van der Waals surface area (Å²) in [5.74, 6) is 1.97. The van der Waals surface area contributed by atoms with E-state index in [1.807, 2.05) is 47.0 Å². The number of likely N-dealkylation sites (tertiary alicyclic amines) is 1. The van der Waals surface area contributed by atoms with Gasteiger partial charge in [-0.05, 0) is 18.4 Å². The average Bonchev–Trinajstić information content (AvgIpc) is 2.64. The molecule has 1 aromatic carbocycles. The number of nitrogens with zero attached hydrogens (tertiary/aromatic N) is 2. The summed E-state index contributed by atoms with van der Waals surface area (Å²) in [4.78, 5) is 28.8. The Balaban J connectivity index is 1.75. The van der Waals surface area contributed by atoms with Crippen molar-refractivity contribution in [2.75, 3.05) is 37.7 Å². The summed E-state index contributed by atoms with van der Waals surface area (Å²) in [6.45, 7) is 3.12. The number of hydrogen-bond donors (Lipinski definition) is 1. The second-order valence-electron chi connectivity index (χ2n) is 6.46. The van der Waals surface area contributed by atoms with Crippen LogP contribution in [-0.2, 0) is 9.59 Å². The monoisotopic (exact) mass is 347 g/mol. The van der Waals surface area contributed by atoms with Gasteiger partial charge in [0.25, 0.3) is 0 Å². The summed E-state index contributed by atoms with van der Waals surface area (Å²) >= 11 is 1.94.